The Kier molecular flexibility index (Phi) is 31.1. The average molecular weight is 1560 g/mol. The Hall–Kier alpha value is -2.82. The van der Waals surface area contributed by atoms with Crippen LogP contribution < -0.4 is 10.6 Å². The summed E-state index contributed by atoms with van der Waals surface area (Å²) in [4.78, 5) is 25.0. The third-order valence-electron chi connectivity index (χ3n) is 19.5. The minimum Gasteiger partial charge on any atom is -0.394 e. The zero-order chi connectivity index (χ0) is 77.9. The summed E-state index contributed by atoms with van der Waals surface area (Å²) in [6.45, 7) is -7.77. The van der Waals surface area contributed by atoms with Crippen LogP contribution >= 0.6 is 0 Å². The van der Waals surface area contributed by atoms with Gasteiger partial charge in [-0.15, -0.1) is 0 Å². The van der Waals surface area contributed by atoms with Crippen molar-refractivity contribution in [2.24, 2.45) is 0 Å². The maximum atomic E-state index is 12.9. The molecule has 29 N–H and O–H groups in total. The number of amides is 2. The molecule has 9 fully saturated rings. The van der Waals surface area contributed by atoms with Crippen molar-refractivity contribution in [3.63, 3.8) is 0 Å². The van der Waals surface area contributed by atoms with Crippen molar-refractivity contribution in [3.05, 3.63) is 0 Å². The lowest BCUT2D eigenvalue weighted by molar-refractivity contribution is -0.410. The van der Waals surface area contributed by atoms with E-state index in [9.17, 15) is 147 Å². The van der Waals surface area contributed by atoms with E-state index in [1.807, 2.05) is 0 Å². The number of ether oxygens (including phenoxy) is 17. The first-order chi connectivity index (χ1) is 50.2. The number of aliphatic hydroxyl groups is 27. The summed E-state index contributed by atoms with van der Waals surface area (Å²) in [5, 5.41) is 302. The Morgan fingerprint density at radius 3 is 0.962 bits per heavy atom. The maximum absolute atomic E-state index is 12.9. The van der Waals surface area contributed by atoms with Gasteiger partial charge in [0.1, 0.15) is 220 Å². The van der Waals surface area contributed by atoms with E-state index < -0.39 is 348 Å². The fourth-order valence-electron chi connectivity index (χ4n) is 13.5. The van der Waals surface area contributed by atoms with Crippen LogP contribution in [0.25, 0.3) is 0 Å². The Balaban J connectivity index is 1.08. The Morgan fingerprint density at radius 1 is 0.245 bits per heavy atom. The zero-order valence-electron chi connectivity index (χ0n) is 56.2. The van der Waals surface area contributed by atoms with E-state index in [4.69, 9.17) is 80.5 Å². The summed E-state index contributed by atoms with van der Waals surface area (Å²) in [5.74, 6) is -1.72. The summed E-state index contributed by atoms with van der Waals surface area (Å²) in [7, 11) is 0. The van der Waals surface area contributed by atoms with Crippen molar-refractivity contribution >= 4 is 11.8 Å². The number of carbonyl (C=O) groups excluding carboxylic acids is 2. The molecule has 9 rings (SSSR count). The fourth-order valence-corrected chi connectivity index (χ4v) is 13.5. The van der Waals surface area contributed by atoms with Gasteiger partial charge in [-0.2, -0.15) is 0 Å². The Morgan fingerprint density at radius 2 is 0.519 bits per heavy atom. The van der Waals surface area contributed by atoms with E-state index >= 15 is 0 Å². The molecule has 0 aliphatic carbocycles. The highest BCUT2D eigenvalue weighted by Crippen LogP contribution is 2.40. The Bertz CT molecular complexity index is 2710. The molecule has 0 spiro atoms. The fraction of sp³-hybridized carbons (Fsp3) is 0.966. The van der Waals surface area contributed by atoms with E-state index in [1.165, 1.54) is 0 Å². The van der Waals surface area contributed by atoms with Gasteiger partial charge in [0.05, 0.1) is 59.5 Å². The minimum atomic E-state index is -2.61. The van der Waals surface area contributed by atoms with E-state index in [2.05, 4.69) is 10.6 Å². The van der Waals surface area contributed by atoms with Gasteiger partial charge < -0.3 is 229 Å². The van der Waals surface area contributed by atoms with Crippen LogP contribution in [0, 0.1) is 0 Å². The molecule has 9 heterocycles. The normalized spacial score (nSPS) is 51.2. The molecule has 48 heteroatoms. The van der Waals surface area contributed by atoms with E-state index in [-0.39, 0.29) is 0 Å². The molecule has 0 aromatic rings. The molecule has 0 bridgehead atoms. The molecular formula is C58H98N2O46. The first-order valence-electron chi connectivity index (χ1n) is 33.7. The molecule has 48 nitrogen and oxygen atoms in total. The molecule has 0 aromatic heterocycles. The lowest BCUT2D eigenvalue weighted by atomic mass is 9.94. The largest absolute Gasteiger partial charge is 0.394 e. The van der Waals surface area contributed by atoms with Crippen molar-refractivity contribution in [3.8, 4) is 0 Å². The van der Waals surface area contributed by atoms with Gasteiger partial charge in [-0.05, 0) is 0 Å². The average Bonchev–Trinajstić information content (AvgIpc) is 0.779. The van der Waals surface area contributed by atoms with E-state index in [1.54, 1.807) is 0 Å². The number of nitrogens with one attached hydrogen (secondary N) is 2. The molecule has 0 aromatic carbocycles. The summed E-state index contributed by atoms with van der Waals surface area (Å²) >= 11 is 0. The van der Waals surface area contributed by atoms with Gasteiger partial charge in [-0.1, -0.05) is 0 Å². The second-order valence-electron chi connectivity index (χ2n) is 26.7. The van der Waals surface area contributed by atoms with Crippen molar-refractivity contribution in [1.29, 1.82) is 0 Å². The van der Waals surface area contributed by atoms with Crippen molar-refractivity contribution in [2.75, 3.05) is 59.5 Å². The molecule has 106 heavy (non-hydrogen) atoms. The topological polar surface area (TPSA) is 761 Å². The zero-order valence-corrected chi connectivity index (χ0v) is 56.2. The molecule has 9 aliphatic rings. The van der Waals surface area contributed by atoms with Crippen LogP contribution in [0.5, 0.6) is 0 Å². The molecular weight excluding hydrogens is 1460 g/mol. The maximum Gasteiger partial charge on any atom is 0.217 e. The highest BCUT2D eigenvalue weighted by atomic mass is 16.8. The quantitative estimate of drug-likeness (QED) is 0.0363. The number of rotatable bonds is 27. The molecule has 616 valence electrons. The van der Waals surface area contributed by atoms with Gasteiger partial charge in [0.25, 0.3) is 0 Å². The molecule has 9 saturated heterocycles. The predicted octanol–water partition coefficient (Wildman–Crippen LogP) is -20.3. The molecule has 2 amide bonds. The highest BCUT2D eigenvalue weighted by molar-refractivity contribution is 5.73. The van der Waals surface area contributed by atoms with Crippen LogP contribution in [-0.2, 0) is 90.1 Å². The number of hydrogen-bond donors (Lipinski definition) is 29. The smallest absolute Gasteiger partial charge is 0.217 e. The SMILES string of the molecule is CC(=O)N[C@H]1[C@H](O[C@H]2[C@H](O)[C@@H](NC(C)=O)C(O)O[C@@H]2CO)O[C@H](CO)[C@@H](O[C@@H]2O[C@H](CO[C@H]3O[C@H](CO)[C@@H](O)[C@H](O)[C@@H]3O)[C@@H](O)[C@H](O[C@H]3O[C@H](CO[C@H]4O[C@H](CO)[C@@H](O)[C@H](O)[C@@H]4O[C@H]4O[C@H](CO)[C@@H](O)[C@H](O)[C@@H]4O)[C@@H](O)[C@H](O)[C@@H]3O[C@H]3O[C@H](CO)[C@@H](O)[C@H](O)[C@@H]3O[C@H]3O[C@H](CO)[C@@H](O)[C@H](O)[C@@H]3O)[C@@H]2O)[C@@H]1O. The molecule has 0 radical (unpaired) electrons. The van der Waals surface area contributed by atoms with Crippen molar-refractivity contribution in [2.45, 2.75) is 290 Å². The number of carbonyl (C=O) groups is 2. The second-order valence-corrected chi connectivity index (χ2v) is 26.7. The molecule has 45 atom stereocenters. The second kappa shape index (κ2) is 37.9. The van der Waals surface area contributed by atoms with Gasteiger partial charge in [0, 0.05) is 13.8 Å². The third-order valence-corrected chi connectivity index (χ3v) is 19.5. The van der Waals surface area contributed by atoms with Crippen LogP contribution in [-0.4, -0.2) is 485 Å². The lowest BCUT2D eigenvalue weighted by Gasteiger charge is -2.51. The summed E-state index contributed by atoms with van der Waals surface area (Å²) in [6.07, 6.45) is -91.5. The van der Waals surface area contributed by atoms with Crippen LogP contribution in [0.15, 0.2) is 0 Å². The lowest BCUT2D eigenvalue weighted by Crippen LogP contribution is -2.70. The van der Waals surface area contributed by atoms with Crippen molar-refractivity contribution in [1.82, 2.24) is 10.6 Å². The number of aliphatic hydroxyl groups excluding tert-OH is 27. The summed E-state index contributed by atoms with van der Waals surface area (Å²) in [5.41, 5.74) is 0. The van der Waals surface area contributed by atoms with Crippen molar-refractivity contribution < 1.29 is 228 Å². The van der Waals surface area contributed by atoms with E-state index in [0.29, 0.717) is 0 Å². The van der Waals surface area contributed by atoms with Crippen LogP contribution in [0.2, 0.25) is 0 Å². The predicted molar refractivity (Wildman–Crippen MR) is 320 cm³/mol. The molecule has 0 saturated carbocycles. The van der Waals surface area contributed by atoms with Crippen LogP contribution in [0.3, 0.4) is 0 Å². The minimum absolute atomic E-state index is 0.785. The molecule has 9 aliphatic heterocycles. The summed E-state index contributed by atoms with van der Waals surface area (Å²) < 4.78 is 99.3. The summed E-state index contributed by atoms with van der Waals surface area (Å²) in [6, 6.07) is -3.56. The Labute approximate surface area is 598 Å². The number of hydrogen-bond acceptors (Lipinski definition) is 46. The monoisotopic (exact) mass is 1560 g/mol. The molecule has 1 unspecified atom stereocenters. The van der Waals surface area contributed by atoms with E-state index in [0.717, 1.165) is 13.8 Å². The van der Waals surface area contributed by atoms with Crippen LogP contribution in [0.4, 0.5) is 0 Å². The standard InChI is InChI=1S/C58H98N2O46/c1-12(68)59-23-32(77)44(19(8-66)92-50(23)89)101-51-24(60-13(2)69)33(78)45(20(9-67)98-51)102-55-43(88)46(31(76)22(99-55)11-90-52-40(85)34(79)25(70)14(3-61)93-52)103-58-49(106-57-48(38(83)29(74)18(7-65)97-57)105-54-42(87)36(81)27(72)16(5-63)95-54)39(84)30(75)21(100-58)10-91-56-47(37(82)28(73)17(6-64)96-56)104-53-41(86)35(80)26(71)15(4-62)94-53/h14-58,61-67,70-89H,3-11H2,1-2H3,(H,59,68)(H,60,69)/t14-,15-,16-,17-,18-,19-,20-,21-,22-,23-,24-,25-,26-,27-,28-,29-,30-,31-,32-,33-,34+,35+,36+,37+,38+,39+,40+,41+,42+,43+,44-,45-,46+,47+,48+,49+,50?,51+,52+,53-,54-,55+,56+,57-,58-/m1/s1. The third kappa shape index (κ3) is 18.7. The van der Waals surface area contributed by atoms with Crippen LogP contribution in [0.1, 0.15) is 13.8 Å². The van der Waals surface area contributed by atoms with Gasteiger partial charge in [-0.3, -0.25) is 9.59 Å². The first kappa shape index (κ1) is 87.2. The first-order valence-corrected chi connectivity index (χ1v) is 33.7. The van der Waals surface area contributed by atoms with Gasteiger partial charge >= 0.3 is 0 Å². The highest BCUT2D eigenvalue weighted by Gasteiger charge is 2.61. The van der Waals surface area contributed by atoms with Gasteiger partial charge in [0.15, 0.2) is 56.6 Å². The van der Waals surface area contributed by atoms with Gasteiger partial charge in [-0.25, -0.2) is 0 Å². The van der Waals surface area contributed by atoms with Gasteiger partial charge in [0.2, 0.25) is 11.8 Å².